The Balaban J connectivity index is 1.85. The second-order valence-electron chi connectivity index (χ2n) is 8.92. The van der Waals surface area contributed by atoms with Gasteiger partial charge in [0.2, 0.25) is 5.91 Å². The normalized spacial score (nSPS) is 22.6. The Morgan fingerprint density at radius 1 is 1.10 bits per heavy atom. The van der Waals surface area contributed by atoms with Gasteiger partial charge in [0.05, 0.1) is 12.2 Å². The van der Waals surface area contributed by atoms with Crippen LogP contribution >= 0.6 is 11.8 Å². The first-order valence-corrected chi connectivity index (χ1v) is 11.0. The van der Waals surface area contributed by atoms with Crippen LogP contribution in [-0.2, 0) is 21.0 Å². The summed E-state index contributed by atoms with van der Waals surface area (Å²) in [4.78, 5) is 30.0. The number of amides is 2. The van der Waals surface area contributed by atoms with Crippen molar-refractivity contribution in [2.45, 2.75) is 50.8 Å². The van der Waals surface area contributed by atoms with Gasteiger partial charge in [0, 0.05) is 22.8 Å². The molecule has 29 heavy (non-hydrogen) atoms. The van der Waals surface area contributed by atoms with Crippen LogP contribution in [0.4, 0.5) is 5.69 Å². The maximum Gasteiger partial charge on any atom is 0.268 e. The number of benzene rings is 2. The molecule has 1 fully saturated rings. The third-order valence-electron chi connectivity index (χ3n) is 5.79. The third kappa shape index (κ3) is 3.07. The number of carbonyl (C=O) groups excluding carboxylic acids is 2. The van der Waals surface area contributed by atoms with Gasteiger partial charge in [-0.1, -0.05) is 56.3 Å². The van der Waals surface area contributed by atoms with Gasteiger partial charge in [-0.25, -0.2) is 0 Å². The molecular formula is C24H28N2O2S. The Kier molecular flexibility index (Phi) is 4.77. The van der Waals surface area contributed by atoms with Gasteiger partial charge in [-0.15, -0.1) is 11.8 Å². The minimum atomic E-state index is -0.982. The molecule has 2 amide bonds. The number of rotatable bonds is 3. The minimum Gasteiger partial charge on any atom is -0.314 e. The Morgan fingerprint density at radius 3 is 2.45 bits per heavy atom. The molecule has 0 bridgehead atoms. The summed E-state index contributed by atoms with van der Waals surface area (Å²) in [6.07, 6.45) is 0. The molecule has 0 aromatic heterocycles. The molecule has 1 saturated heterocycles. The molecule has 5 heteroatoms. The lowest BCUT2D eigenvalue weighted by atomic mass is 10.0. The van der Waals surface area contributed by atoms with E-state index in [1.165, 1.54) is 0 Å². The molecule has 0 aliphatic carbocycles. The maximum absolute atomic E-state index is 14.0. The van der Waals surface area contributed by atoms with Crippen molar-refractivity contribution in [2.24, 2.45) is 5.92 Å². The molecule has 0 saturated carbocycles. The highest BCUT2D eigenvalue weighted by Crippen LogP contribution is 2.60. The first-order valence-electron chi connectivity index (χ1n) is 10.1. The number of hydrogen-bond donors (Lipinski definition) is 0. The average molecular weight is 409 g/mol. The van der Waals surface area contributed by atoms with Crippen molar-refractivity contribution < 1.29 is 9.59 Å². The van der Waals surface area contributed by atoms with Gasteiger partial charge in [0.1, 0.15) is 0 Å². The van der Waals surface area contributed by atoms with Crippen LogP contribution in [0.25, 0.3) is 0 Å². The second kappa shape index (κ2) is 6.91. The van der Waals surface area contributed by atoms with Gasteiger partial charge in [-0.3, -0.25) is 9.59 Å². The van der Waals surface area contributed by atoms with E-state index in [4.69, 9.17) is 0 Å². The summed E-state index contributed by atoms with van der Waals surface area (Å²) in [5, 5.41) is 0. The highest BCUT2D eigenvalue weighted by molar-refractivity contribution is 8.02. The van der Waals surface area contributed by atoms with E-state index in [2.05, 4.69) is 32.9 Å². The molecule has 4 rings (SSSR count). The van der Waals surface area contributed by atoms with Crippen LogP contribution in [0, 0.1) is 12.8 Å². The molecule has 2 aliphatic rings. The second-order valence-corrected chi connectivity index (χ2v) is 10.8. The number of fused-ring (bicyclic) bond motifs is 2. The summed E-state index contributed by atoms with van der Waals surface area (Å²) in [5.41, 5.74) is 4.13. The number of carbonyl (C=O) groups is 2. The highest BCUT2D eigenvalue weighted by Gasteiger charge is 2.63. The summed E-state index contributed by atoms with van der Waals surface area (Å²) < 4.78 is -0.202. The van der Waals surface area contributed by atoms with Crippen LogP contribution in [0.3, 0.4) is 0 Å². The van der Waals surface area contributed by atoms with Crippen molar-refractivity contribution in [2.75, 3.05) is 11.4 Å². The molecule has 152 valence electrons. The zero-order valence-electron chi connectivity index (χ0n) is 17.7. The van der Waals surface area contributed by atoms with Gasteiger partial charge in [0.25, 0.3) is 5.91 Å². The summed E-state index contributed by atoms with van der Waals surface area (Å²) in [6.45, 7) is 11.2. The van der Waals surface area contributed by atoms with E-state index in [9.17, 15) is 9.59 Å². The number of anilines is 1. The van der Waals surface area contributed by atoms with Crippen LogP contribution < -0.4 is 4.90 Å². The van der Waals surface area contributed by atoms with Gasteiger partial charge in [0.15, 0.2) is 4.87 Å². The topological polar surface area (TPSA) is 40.6 Å². The standard InChI is InChI=1S/C24H28N2O2S/c1-16(2)21(27)26-15-23(4,5)29-24(26)19-12-8-9-13-20(19)25(22(24)28)14-18-11-7-6-10-17(18)3/h6-13,16H,14-15H2,1-5H3/t24-/m0/s1. The number of aryl methyl sites for hydroxylation is 1. The summed E-state index contributed by atoms with van der Waals surface area (Å²) in [5.74, 6) is -0.137. The van der Waals surface area contributed by atoms with E-state index in [-0.39, 0.29) is 22.5 Å². The van der Waals surface area contributed by atoms with Crippen LogP contribution in [0.5, 0.6) is 0 Å². The molecule has 1 spiro atoms. The lowest BCUT2D eigenvalue weighted by molar-refractivity contribution is -0.143. The van der Waals surface area contributed by atoms with Crippen molar-refractivity contribution in [3.8, 4) is 0 Å². The first-order chi connectivity index (χ1) is 13.7. The lowest BCUT2D eigenvalue weighted by Crippen LogP contribution is -2.51. The SMILES string of the molecule is Cc1ccccc1CN1C(=O)[C@@]2(SC(C)(C)CN2C(=O)C(C)C)c2ccccc21. The number of nitrogens with zero attached hydrogens (tertiary/aromatic N) is 2. The van der Waals surface area contributed by atoms with E-state index in [1.807, 2.05) is 60.0 Å². The maximum atomic E-state index is 14.0. The van der Waals surface area contributed by atoms with Crippen molar-refractivity contribution in [1.29, 1.82) is 0 Å². The van der Waals surface area contributed by atoms with Gasteiger partial charge in [-0.05, 0) is 38.0 Å². The Hall–Kier alpha value is -2.27. The predicted molar refractivity (Wildman–Crippen MR) is 119 cm³/mol. The third-order valence-corrected chi connectivity index (χ3v) is 7.38. The van der Waals surface area contributed by atoms with Gasteiger partial charge >= 0.3 is 0 Å². The summed E-state index contributed by atoms with van der Waals surface area (Å²) in [7, 11) is 0. The molecule has 1 atom stereocenters. The number of hydrogen-bond acceptors (Lipinski definition) is 3. The largest absolute Gasteiger partial charge is 0.314 e. The summed E-state index contributed by atoms with van der Waals surface area (Å²) in [6, 6.07) is 16.1. The molecule has 2 aromatic rings. The average Bonchev–Trinajstić information content (AvgIpc) is 3.09. The Labute approximate surface area is 177 Å². The molecule has 2 heterocycles. The van der Waals surface area contributed by atoms with Crippen LogP contribution in [0.2, 0.25) is 0 Å². The van der Waals surface area contributed by atoms with Crippen LogP contribution in [-0.4, -0.2) is 28.0 Å². The fraction of sp³-hybridized carbons (Fsp3) is 0.417. The number of thioether (sulfide) groups is 1. The molecule has 2 aromatic carbocycles. The number of para-hydroxylation sites is 1. The summed E-state index contributed by atoms with van der Waals surface area (Å²) >= 11 is 1.61. The smallest absolute Gasteiger partial charge is 0.268 e. The van der Waals surface area contributed by atoms with Crippen LogP contribution in [0.1, 0.15) is 44.4 Å². The Morgan fingerprint density at radius 2 is 1.76 bits per heavy atom. The quantitative estimate of drug-likeness (QED) is 0.739. The van der Waals surface area contributed by atoms with Crippen LogP contribution in [0.15, 0.2) is 48.5 Å². The van der Waals surface area contributed by atoms with E-state index < -0.39 is 4.87 Å². The van der Waals surface area contributed by atoms with E-state index >= 15 is 0 Å². The van der Waals surface area contributed by atoms with Crippen molar-refractivity contribution in [3.63, 3.8) is 0 Å². The van der Waals surface area contributed by atoms with Gasteiger partial charge < -0.3 is 9.80 Å². The lowest BCUT2D eigenvalue weighted by Gasteiger charge is -2.34. The fourth-order valence-electron chi connectivity index (χ4n) is 4.40. The zero-order chi connectivity index (χ0) is 21.0. The monoisotopic (exact) mass is 408 g/mol. The molecule has 0 N–H and O–H groups in total. The Bertz CT molecular complexity index is 984. The molecule has 2 aliphatic heterocycles. The molecule has 4 nitrogen and oxygen atoms in total. The molecule has 0 unspecified atom stereocenters. The van der Waals surface area contributed by atoms with Gasteiger partial charge in [-0.2, -0.15) is 0 Å². The fourth-order valence-corrected chi connectivity index (χ4v) is 6.14. The predicted octanol–water partition coefficient (Wildman–Crippen LogP) is 4.70. The highest BCUT2D eigenvalue weighted by atomic mass is 32.2. The van der Waals surface area contributed by atoms with E-state index in [1.54, 1.807) is 11.8 Å². The minimum absolute atomic E-state index is 0.00784. The molecule has 0 radical (unpaired) electrons. The van der Waals surface area contributed by atoms with Crippen molar-refractivity contribution in [3.05, 3.63) is 65.2 Å². The molecular weight excluding hydrogens is 380 g/mol. The van der Waals surface area contributed by atoms with E-state index in [0.717, 1.165) is 22.4 Å². The van der Waals surface area contributed by atoms with Crippen molar-refractivity contribution >= 4 is 29.3 Å². The first kappa shape index (κ1) is 20.0. The van der Waals surface area contributed by atoms with Crippen molar-refractivity contribution in [1.82, 2.24) is 4.90 Å². The zero-order valence-corrected chi connectivity index (χ0v) is 18.5. The van der Waals surface area contributed by atoms with E-state index in [0.29, 0.717) is 13.1 Å².